The first-order chi connectivity index (χ1) is 7.08. The zero-order chi connectivity index (χ0) is 10.9. The Bertz CT molecular complexity index is 316. The van der Waals surface area contributed by atoms with Crippen LogP contribution in [0, 0.1) is 0 Å². The van der Waals surface area contributed by atoms with Gasteiger partial charge in [0.05, 0.1) is 5.25 Å². The van der Waals surface area contributed by atoms with E-state index in [9.17, 15) is 8.42 Å². The van der Waals surface area contributed by atoms with Gasteiger partial charge in [-0.05, 0) is 25.7 Å². The van der Waals surface area contributed by atoms with Crippen LogP contribution in [0.1, 0.15) is 44.9 Å². The molecule has 0 unspecified atom stereocenters. The van der Waals surface area contributed by atoms with Gasteiger partial charge in [0.2, 0.25) is 10.0 Å². The molecular formula is C10H20N2O2S. The fraction of sp³-hybridized carbons (Fsp3) is 1.00. The van der Waals surface area contributed by atoms with Crippen molar-refractivity contribution in [1.29, 1.82) is 0 Å². The molecule has 2 rings (SSSR count). The summed E-state index contributed by atoms with van der Waals surface area (Å²) < 4.78 is 26.6. The van der Waals surface area contributed by atoms with Crippen LogP contribution >= 0.6 is 0 Å². The Morgan fingerprint density at radius 2 is 1.80 bits per heavy atom. The molecule has 0 atom stereocenters. The van der Waals surface area contributed by atoms with E-state index in [0.29, 0.717) is 6.54 Å². The topological polar surface area (TPSA) is 72.2 Å². The van der Waals surface area contributed by atoms with Gasteiger partial charge >= 0.3 is 0 Å². The minimum atomic E-state index is -3.09. The van der Waals surface area contributed by atoms with Crippen molar-refractivity contribution in [2.75, 3.05) is 6.54 Å². The smallest absolute Gasteiger partial charge is 0.215 e. The lowest BCUT2D eigenvalue weighted by molar-refractivity contribution is 0.276. The van der Waals surface area contributed by atoms with Crippen LogP contribution in [0.2, 0.25) is 0 Å². The predicted octanol–water partition coefficient (Wildman–Crippen LogP) is 0.730. The fourth-order valence-electron chi connectivity index (χ4n) is 2.34. The molecular weight excluding hydrogens is 212 g/mol. The average molecular weight is 232 g/mol. The molecule has 0 aromatic heterocycles. The molecule has 0 radical (unpaired) electrons. The minimum Gasteiger partial charge on any atom is -0.329 e. The highest BCUT2D eigenvalue weighted by Gasteiger charge is 2.42. The second-order valence-corrected chi connectivity index (χ2v) is 6.85. The van der Waals surface area contributed by atoms with Crippen molar-refractivity contribution in [3.05, 3.63) is 0 Å². The van der Waals surface area contributed by atoms with E-state index in [0.717, 1.165) is 38.5 Å². The van der Waals surface area contributed by atoms with Gasteiger partial charge in [0.15, 0.2) is 0 Å². The first-order valence-corrected chi connectivity index (χ1v) is 7.35. The van der Waals surface area contributed by atoms with Gasteiger partial charge < -0.3 is 5.73 Å². The number of nitrogens with one attached hydrogen (secondary N) is 1. The van der Waals surface area contributed by atoms with Gasteiger partial charge in [-0.1, -0.05) is 19.3 Å². The Hall–Kier alpha value is -0.130. The van der Waals surface area contributed by atoms with Crippen molar-refractivity contribution in [2.24, 2.45) is 5.73 Å². The van der Waals surface area contributed by atoms with Gasteiger partial charge in [-0.25, -0.2) is 13.1 Å². The maximum atomic E-state index is 11.9. The highest BCUT2D eigenvalue weighted by Crippen LogP contribution is 2.33. The van der Waals surface area contributed by atoms with E-state index in [4.69, 9.17) is 5.73 Å². The molecule has 2 aliphatic rings. The van der Waals surface area contributed by atoms with Crippen LogP contribution in [0.5, 0.6) is 0 Å². The molecule has 88 valence electrons. The monoisotopic (exact) mass is 232 g/mol. The predicted molar refractivity (Wildman–Crippen MR) is 59.9 cm³/mol. The van der Waals surface area contributed by atoms with E-state index in [-0.39, 0.29) is 10.8 Å². The van der Waals surface area contributed by atoms with Crippen LogP contribution in [0.15, 0.2) is 0 Å². The molecule has 0 spiro atoms. The molecule has 0 saturated heterocycles. The van der Waals surface area contributed by atoms with Gasteiger partial charge in [-0.15, -0.1) is 0 Å². The molecule has 0 aromatic rings. The van der Waals surface area contributed by atoms with Crippen LogP contribution < -0.4 is 10.5 Å². The summed E-state index contributed by atoms with van der Waals surface area (Å²) in [7, 11) is -3.09. The molecule has 2 fully saturated rings. The van der Waals surface area contributed by atoms with Gasteiger partial charge in [0.25, 0.3) is 0 Å². The number of nitrogens with two attached hydrogens (primary N) is 1. The highest BCUT2D eigenvalue weighted by atomic mass is 32.2. The Morgan fingerprint density at radius 3 is 2.27 bits per heavy atom. The van der Waals surface area contributed by atoms with Gasteiger partial charge in [-0.3, -0.25) is 0 Å². The normalized spacial score (nSPS) is 26.5. The van der Waals surface area contributed by atoms with Crippen LogP contribution in [0.3, 0.4) is 0 Å². The second-order valence-electron chi connectivity index (χ2n) is 4.89. The third-order valence-corrected chi connectivity index (χ3v) is 5.59. The lowest BCUT2D eigenvalue weighted by Crippen LogP contribution is -2.55. The van der Waals surface area contributed by atoms with Crippen LogP contribution in [-0.2, 0) is 10.0 Å². The van der Waals surface area contributed by atoms with E-state index in [1.54, 1.807) is 0 Å². The number of hydrogen-bond acceptors (Lipinski definition) is 3. The number of sulfonamides is 1. The second kappa shape index (κ2) is 4.03. The van der Waals surface area contributed by atoms with Gasteiger partial charge in [0, 0.05) is 12.1 Å². The van der Waals surface area contributed by atoms with Gasteiger partial charge in [0.1, 0.15) is 0 Å². The average Bonchev–Trinajstić information content (AvgIpc) is 3.02. The first kappa shape index (κ1) is 11.4. The van der Waals surface area contributed by atoms with Crippen molar-refractivity contribution in [3.8, 4) is 0 Å². The largest absolute Gasteiger partial charge is 0.329 e. The lowest BCUT2D eigenvalue weighted by atomic mass is 9.83. The minimum absolute atomic E-state index is 0.136. The summed E-state index contributed by atoms with van der Waals surface area (Å²) in [5.74, 6) is 0. The summed E-state index contributed by atoms with van der Waals surface area (Å²) in [6.45, 7) is 0.430. The zero-order valence-corrected chi connectivity index (χ0v) is 9.85. The highest BCUT2D eigenvalue weighted by molar-refractivity contribution is 7.90. The van der Waals surface area contributed by atoms with Crippen molar-refractivity contribution in [3.63, 3.8) is 0 Å². The third kappa shape index (κ3) is 2.52. The molecule has 2 saturated carbocycles. The lowest BCUT2D eigenvalue weighted by Gasteiger charge is -2.36. The molecule has 2 aliphatic carbocycles. The summed E-state index contributed by atoms with van der Waals surface area (Å²) in [4.78, 5) is 0. The molecule has 0 aromatic carbocycles. The Morgan fingerprint density at radius 1 is 1.20 bits per heavy atom. The van der Waals surface area contributed by atoms with E-state index in [1.165, 1.54) is 6.42 Å². The molecule has 3 N–H and O–H groups in total. The molecule has 0 amide bonds. The van der Waals surface area contributed by atoms with Crippen LogP contribution in [-0.4, -0.2) is 25.8 Å². The maximum absolute atomic E-state index is 11.9. The summed E-state index contributed by atoms with van der Waals surface area (Å²) in [5, 5.41) is -0.136. The summed E-state index contributed by atoms with van der Waals surface area (Å²) in [6.07, 6.45) is 6.80. The summed E-state index contributed by atoms with van der Waals surface area (Å²) in [5.41, 5.74) is 5.41. The van der Waals surface area contributed by atoms with E-state index >= 15 is 0 Å². The fourth-order valence-corrected chi connectivity index (χ4v) is 4.15. The molecule has 0 bridgehead atoms. The van der Waals surface area contributed by atoms with Crippen molar-refractivity contribution < 1.29 is 8.42 Å². The van der Waals surface area contributed by atoms with E-state index in [1.807, 2.05) is 0 Å². The molecule has 4 nitrogen and oxygen atoms in total. The van der Waals surface area contributed by atoms with Crippen molar-refractivity contribution in [2.45, 2.75) is 55.7 Å². The van der Waals surface area contributed by atoms with Crippen molar-refractivity contribution >= 4 is 10.0 Å². The number of hydrogen-bond donors (Lipinski definition) is 2. The quantitative estimate of drug-likeness (QED) is 0.750. The Kier molecular flexibility index (Phi) is 3.05. The van der Waals surface area contributed by atoms with Crippen LogP contribution in [0.25, 0.3) is 0 Å². The zero-order valence-electron chi connectivity index (χ0n) is 9.04. The van der Waals surface area contributed by atoms with E-state index < -0.39 is 10.0 Å². The SMILES string of the molecule is NCC1(NS(=O)(=O)C2CC2)CCCCC1. The Labute approximate surface area is 91.7 Å². The Balaban J connectivity index is 2.06. The number of rotatable bonds is 4. The molecule has 0 heterocycles. The molecule has 0 aliphatic heterocycles. The van der Waals surface area contributed by atoms with E-state index in [2.05, 4.69) is 4.72 Å². The molecule has 15 heavy (non-hydrogen) atoms. The van der Waals surface area contributed by atoms with Crippen LogP contribution in [0.4, 0.5) is 0 Å². The maximum Gasteiger partial charge on any atom is 0.215 e. The third-order valence-electron chi connectivity index (χ3n) is 3.52. The van der Waals surface area contributed by atoms with Gasteiger partial charge in [-0.2, -0.15) is 0 Å². The standard InChI is InChI=1S/C10H20N2O2S/c11-8-10(6-2-1-3-7-10)12-15(13,14)9-4-5-9/h9,12H,1-8,11H2. The summed E-state index contributed by atoms with van der Waals surface area (Å²) >= 11 is 0. The van der Waals surface area contributed by atoms with Crippen molar-refractivity contribution in [1.82, 2.24) is 4.72 Å². The molecule has 5 heteroatoms. The first-order valence-electron chi connectivity index (χ1n) is 5.81. The summed E-state index contributed by atoms with van der Waals surface area (Å²) in [6, 6.07) is 0.